The van der Waals surface area contributed by atoms with Gasteiger partial charge in [0.25, 0.3) is 5.91 Å². The highest BCUT2D eigenvalue weighted by Gasteiger charge is 2.36. The van der Waals surface area contributed by atoms with Gasteiger partial charge in [0.15, 0.2) is 0 Å². The van der Waals surface area contributed by atoms with Crippen LogP contribution >= 0.6 is 0 Å². The van der Waals surface area contributed by atoms with Crippen LogP contribution in [0.5, 0.6) is 0 Å². The Bertz CT molecular complexity index is 1710. The Kier molecular flexibility index (Phi) is 5.93. The molecule has 1 saturated carbocycles. The summed E-state index contributed by atoms with van der Waals surface area (Å²) in [6, 6.07) is 19.3. The maximum Gasteiger partial charge on any atom is 0.251 e. The lowest BCUT2D eigenvalue weighted by atomic mass is 9.81. The van der Waals surface area contributed by atoms with E-state index in [0.717, 1.165) is 51.6 Å². The standard InChI is InChI=1S/C30H28N6O2/c1-19-13-20(10-12-32-19)28-25-14-21(8-9-26(25)34-35-28)29(37)33-23-5-4-11-30(38,15-23)18-36-17-22(16-31)24-6-2-3-7-27(24)36/h2-3,6-10,12-14,17,23,38H,4-5,11,15,18H2,1H3,(H,33,37)(H,34,35)/t23-,30+/m1/s1. The first-order valence-electron chi connectivity index (χ1n) is 12.8. The van der Waals surface area contributed by atoms with Gasteiger partial charge in [0.1, 0.15) is 11.8 Å². The van der Waals surface area contributed by atoms with Crippen molar-refractivity contribution in [1.29, 1.82) is 5.26 Å². The van der Waals surface area contributed by atoms with E-state index in [1.54, 1.807) is 12.3 Å². The molecule has 38 heavy (non-hydrogen) atoms. The van der Waals surface area contributed by atoms with Gasteiger partial charge >= 0.3 is 0 Å². The summed E-state index contributed by atoms with van der Waals surface area (Å²) in [5, 5.41) is 33.5. The average molecular weight is 505 g/mol. The number of carbonyl (C=O) groups is 1. The van der Waals surface area contributed by atoms with Crippen LogP contribution in [0.15, 0.2) is 67.0 Å². The van der Waals surface area contributed by atoms with Gasteiger partial charge in [-0.05, 0) is 69.0 Å². The molecule has 8 heteroatoms. The molecular weight excluding hydrogens is 476 g/mol. The average Bonchev–Trinajstić information content (AvgIpc) is 3.49. The van der Waals surface area contributed by atoms with E-state index < -0.39 is 5.60 Å². The molecular formula is C30H28N6O2. The quantitative estimate of drug-likeness (QED) is 0.316. The van der Waals surface area contributed by atoms with Crippen molar-refractivity contribution in [1.82, 2.24) is 25.1 Å². The second-order valence-corrected chi connectivity index (χ2v) is 10.3. The largest absolute Gasteiger partial charge is 0.388 e. The summed E-state index contributed by atoms with van der Waals surface area (Å²) in [5.41, 5.74) is 4.57. The molecule has 3 heterocycles. The van der Waals surface area contributed by atoms with Crippen LogP contribution in [-0.2, 0) is 6.54 Å². The molecule has 0 radical (unpaired) electrons. The topological polar surface area (TPSA) is 120 Å². The summed E-state index contributed by atoms with van der Waals surface area (Å²) >= 11 is 0. The van der Waals surface area contributed by atoms with Crippen LogP contribution in [0.2, 0.25) is 0 Å². The van der Waals surface area contributed by atoms with Gasteiger partial charge in [0.05, 0.1) is 23.2 Å². The molecule has 0 unspecified atom stereocenters. The van der Waals surface area contributed by atoms with Crippen LogP contribution in [0.25, 0.3) is 33.1 Å². The number of aryl methyl sites for hydroxylation is 1. The number of nitrogens with zero attached hydrogens (tertiary/aromatic N) is 4. The Morgan fingerprint density at radius 3 is 2.95 bits per heavy atom. The summed E-state index contributed by atoms with van der Waals surface area (Å²) in [6.45, 7) is 2.31. The number of aromatic amines is 1. The van der Waals surface area contributed by atoms with E-state index in [0.29, 0.717) is 30.5 Å². The van der Waals surface area contributed by atoms with Gasteiger partial charge in [0.2, 0.25) is 0 Å². The number of carbonyl (C=O) groups excluding carboxylic acids is 1. The SMILES string of the molecule is Cc1cc(-c2n[nH]c3ccc(C(=O)N[C@@H]4CCC[C@@](O)(Cn5cc(C#N)c6ccccc65)C4)cc23)ccn1. The minimum atomic E-state index is -0.981. The van der Waals surface area contributed by atoms with Crippen molar-refractivity contribution in [2.24, 2.45) is 0 Å². The molecule has 1 fully saturated rings. The highest BCUT2D eigenvalue weighted by molar-refractivity contribution is 6.01. The van der Waals surface area contributed by atoms with Crippen LogP contribution in [-0.4, -0.2) is 42.4 Å². The molecule has 3 aromatic heterocycles. The van der Waals surface area contributed by atoms with Crippen molar-refractivity contribution in [2.45, 2.75) is 50.8 Å². The lowest BCUT2D eigenvalue weighted by molar-refractivity contribution is -0.0202. The third-order valence-corrected chi connectivity index (χ3v) is 7.53. The molecule has 190 valence electrons. The Hall–Kier alpha value is -4.48. The first-order valence-corrected chi connectivity index (χ1v) is 12.8. The first-order chi connectivity index (χ1) is 18.4. The first kappa shape index (κ1) is 23.9. The molecule has 8 nitrogen and oxygen atoms in total. The number of aliphatic hydroxyl groups is 1. The fourth-order valence-corrected chi connectivity index (χ4v) is 5.73. The third-order valence-electron chi connectivity index (χ3n) is 7.53. The lowest BCUT2D eigenvalue weighted by Crippen LogP contribution is -2.47. The van der Waals surface area contributed by atoms with Crippen LogP contribution in [0.3, 0.4) is 0 Å². The Morgan fingerprint density at radius 2 is 2.11 bits per heavy atom. The number of amides is 1. The molecule has 5 aromatic rings. The number of H-pyrrole nitrogens is 1. The van der Waals surface area contributed by atoms with Crippen molar-refractivity contribution >= 4 is 27.7 Å². The van der Waals surface area contributed by atoms with Gasteiger partial charge in [-0.15, -0.1) is 0 Å². The monoisotopic (exact) mass is 504 g/mol. The van der Waals surface area contributed by atoms with Crippen LogP contribution < -0.4 is 5.32 Å². The van der Waals surface area contributed by atoms with Crippen molar-refractivity contribution in [3.8, 4) is 17.3 Å². The van der Waals surface area contributed by atoms with Gasteiger partial charge < -0.3 is 15.0 Å². The van der Waals surface area contributed by atoms with Gasteiger partial charge in [-0.1, -0.05) is 18.2 Å². The number of nitrogens with one attached hydrogen (secondary N) is 2. The number of fused-ring (bicyclic) bond motifs is 2. The number of para-hydroxylation sites is 1. The van der Waals surface area contributed by atoms with E-state index in [-0.39, 0.29) is 11.9 Å². The molecule has 0 spiro atoms. The van der Waals surface area contributed by atoms with Gasteiger partial charge in [0, 0.05) is 51.5 Å². The molecule has 1 amide bonds. The van der Waals surface area contributed by atoms with Gasteiger partial charge in [-0.3, -0.25) is 14.9 Å². The van der Waals surface area contributed by atoms with Crippen LogP contribution in [0, 0.1) is 18.3 Å². The summed E-state index contributed by atoms with van der Waals surface area (Å²) < 4.78 is 1.97. The number of benzene rings is 2. The number of rotatable bonds is 5. The normalized spacial score (nSPS) is 19.4. The Morgan fingerprint density at radius 1 is 1.24 bits per heavy atom. The number of hydrogen-bond donors (Lipinski definition) is 3. The Labute approximate surface area is 219 Å². The zero-order valence-corrected chi connectivity index (χ0v) is 21.1. The highest BCUT2D eigenvalue weighted by atomic mass is 16.3. The predicted octanol–water partition coefficient (Wildman–Crippen LogP) is 4.86. The number of nitriles is 1. The minimum Gasteiger partial charge on any atom is -0.388 e. The maximum atomic E-state index is 13.3. The van der Waals surface area contributed by atoms with Gasteiger partial charge in [-0.25, -0.2) is 0 Å². The second-order valence-electron chi connectivity index (χ2n) is 10.3. The summed E-state index contributed by atoms with van der Waals surface area (Å²) in [5.74, 6) is -0.169. The molecule has 1 aliphatic carbocycles. The van der Waals surface area contributed by atoms with E-state index in [9.17, 15) is 15.2 Å². The molecule has 0 saturated heterocycles. The van der Waals surface area contributed by atoms with E-state index in [4.69, 9.17) is 0 Å². The number of aromatic nitrogens is 4. The molecule has 3 N–H and O–H groups in total. The van der Waals surface area contributed by atoms with E-state index >= 15 is 0 Å². The number of pyridine rings is 1. The van der Waals surface area contributed by atoms with E-state index in [1.807, 2.05) is 66.2 Å². The zero-order valence-electron chi connectivity index (χ0n) is 21.1. The molecule has 1 aliphatic rings. The van der Waals surface area contributed by atoms with Crippen LogP contribution in [0.1, 0.15) is 47.3 Å². The smallest absolute Gasteiger partial charge is 0.251 e. The second kappa shape index (κ2) is 9.43. The molecule has 0 bridgehead atoms. The molecule has 0 aliphatic heterocycles. The third kappa shape index (κ3) is 4.42. The van der Waals surface area contributed by atoms with Crippen LogP contribution in [0.4, 0.5) is 0 Å². The summed E-state index contributed by atoms with van der Waals surface area (Å²) in [7, 11) is 0. The zero-order chi connectivity index (χ0) is 26.3. The molecule has 2 atom stereocenters. The molecule has 2 aromatic carbocycles. The predicted molar refractivity (Wildman–Crippen MR) is 145 cm³/mol. The van der Waals surface area contributed by atoms with Gasteiger partial charge in [-0.2, -0.15) is 10.4 Å². The summed E-state index contributed by atoms with van der Waals surface area (Å²) in [4.78, 5) is 17.6. The lowest BCUT2D eigenvalue weighted by Gasteiger charge is -2.37. The summed E-state index contributed by atoms with van der Waals surface area (Å²) in [6.07, 6.45) is 6.26. The molecule has 6 rings (SSSR count). The van der Waals surface area contributed by atoms with Crippen molar-refractivity contribution in [3.63, 3.8) is 0 Å². The fourth-order valence-electron chi connectivity index (χ4n) is 5.73. The maximum absolute atomic E-state index is 13.3. The van der Waals surface area contributed by atoms with Crippen molar-refractivity contribution < 1.29 is 9.90 Å². The fraction of sp³-hybridized carbons (Fsp3) is 0.267. The van der Waals surface area contributed by atoms with E-state index in [1.165, 1.54) is 0 Å². The van der Waals surface area contributed by atoms with Crippen molar-refractivity contribution in [2.75, 3.05) is 0 Å². The van der Waals surface area contributed by atoms with Crippen molar-refractivity contribution in [3.05, 3.63) is 83.8 Å². The highest BCUT2D eigenvalue weighted by Crippen LogP contribution is 2.33. The Balaban J connectivity index is 1.21. The van der Waals surface area contributed by atoms with E-state index in [2.05, 4.69) is 26.6 Å². The minimum absolute atomic E-state index is 0.152. The number of hydrogen-bond acceptors (Lipinski definition) is 5.